The van der Waals surface area contributed by atoms with E-state index in [2.05, 4.69) is 24.4 Å². The van der Waals surface area contributed by atoms with Gasteiger partial charge in [-0.1, -0.05) is 25.5 Å². The second-order valence-electron chi connectivity index (χ2n) is 4.38. The van der Waals surface area contributed by atoms with Gasteiger partial charge in [0.2, 0.25) is 0 Å². The molecule has 0 aliphatic carbocycles. The Morgan fingerprint density at radius 2 is 1.79 bits per heavy atom. The first kappa shape index (κ1) is 13.1. The first-order valence-electron chi connectivity index (χ1n) is 6.28. The predicted molar refractivity (Wildman–Crippen MR) is 74.8 cm³/mol. The quantitative estimate of drug-likeness (QED) is 0.878. The maximum atomic E-state index is 13.5. The minimum absolute atomic E-state index is 0.0591. The van der Waals surface area contributed by atoms with Crippen LogP contribution in [0.15, 0.2) is 42.5 Å². The van der Waals surface area contributed by atoms with Crippen LogP contribution in [0.25, 0.3) is 0 Å². The molecule has 0 unspecified atom stereocenters. The van der Waals surface area contributed by atoms with Gasteiger partial charge in [-0.25, -0.2) is 4.39 Å². The van der Waals surface area contributed by atoms with Gasteiger partial charge in [0.05, 0.1) is 5.56 Å². The highest BCUT2D eigenvalue weighted by Gasteiger charge is 2.02. The van der Waals surface area contributed by atoms with Gasteiger partial charge in [0.1, 0.15) is 11.9 Å². The summed E-state index contributed by atoms with van der Waals surface area (Å²) in [4.78, 5) is 0. The Bertz CT molecular complexity index is 597. The lowest BCUT2D eigenvalue weighted by atomic mass is 10.1. The van der Waals surface area contributed by atoms with Crippen molar-refractivity contribution in [3.05, 3.63) is 59.4 Å². The van der Waals surface area contributed by atoms with Crippen LogP contribution in [0.1, 0.15) is 24.5 Å². The molecule has 96 valence electrons. The highest BCUT2D eigenvalue weighted by molar-refractivity contribution is 5.60. The number of aryl methyl sites for hydroxylation is 1. The van der Waals surface area contributed by atoms with Crippen LogP contribution in [0.4, 0.5) is 15.8 Å². The summed E-state index contributed by atoms with van der Waals surface area (Å²) in [6, 6.07) is 14.4. The molecule has 0 aliphatic rings. The summed E-state index contributed by atoms with van der Waals surface area (Å²) >= 11 is 0. The minimum atomic E-state index is -0.505. The van der Waals surface area contributed by atoms with E-state index in [-0.39, 0.29) is 5.56 Å². The molecule has 0 spiro atoms. The van der Waals surface area contributed by atoms with Crippen LogP contribution in [0, 0.1) is 17.1 Å². The standard InChI is InChI=1S/C16H15FN2/c1-2-3-12-4-7-14(8-5-12)19-15-9-6-13(11-18)16(17)10-15/h4-10,19H,2-3H2,1H3. The third-order valence-electron chi connectivity index (χ3n) is 2.87. The summed E-state index contributed by atoms with van der Waals surface area (Å²) in [7, 11) is 0. The first-order chi connectivity index (χ1) is 9.22. The molecule has 0 atom stereocenters. The van der Waals surface area contributed by atoms with Gasteiger partial charge in [0.25, 0.3) is 0 Å². The molecule has 2 nitrogen and oxygen atoms in total. The number of nitriles is 1. The molecule has 0 saturated carbocycles. The monoisotopic (exact) mass is 254 g/mol. The Hall–Kier alpha value is -2.34. The highest BCUT2D eigenvalue weighted by Crippen LogP contribution is 2.20. The highest BCUT2D eigenvalue weighted by atomic mass is 19.1. The van der Waals surface area contributed by atoms with Crippen LogP contribution in [0.2, 0.25) is 0 Å². The van der Waals surface area contributed by atoms with Crippen LogP contribution in [-0.2, 0) is 6.42 Å². The fourth-order valence-corrected chi connectivity index (χ4v) is 1.89. The molecule has 0 aromatic heterocycles. The van der Waals surface area contributed by atoms with Gasteiger partial charge in [0, 0.05) is 11.4 Å². The van der Waals surface area contributed by atoms with Crippen molar-refractivity contribution in [1.29, 1.82) is 5.26 Å². The number of hydrogen-bond donors (Lipinski definition) is 1. The lowest BCUT2D eigenvalue weighted by Crippen LogP contribution is -1.93. The van der Waals surface area contributed by atoms with Crippen LogP contribution >= 0.6 is 0 Å². The minimum Gasteiger partial charge on any atom is -0.355 e. The van der Waals surface area contributed by atoms with Crippen molar-refractivity contribution in [1.82, 2.24) is 0 Å². The van der Waals surface area contributed by atoms with Gasteiger partial charge in [-0.3, -0.25) is 0 Å². The maximum absolute atomic E-state index is 13.5. The van der Waals surface area contributed by atoms with Crippen molar-refractivity contribution in [3.63, 3.8) is 0 Å². The fourth-order valence-electron chi connectivity index (χ4n) is 1.89. The number of rotatable bonds is 4. The van der Waals surface area contributed by atoms with Crippen molar-refractivity contribution < 1.29 is 4.39 Å². The number of anilines is 2. The maximum Gasteiger partial charge on any atom is 0.143 e. The second kappa shape index (κ2) is 6.01. The lowest BCUT2D eigenvalue weighted by Gasteiger charge is -2.08. The summed E-state index contributed by atoms with van der Waals surface area (Å²) in [5, 5.41) is 11.8. The Morgan fingerprint density at radius 3 is 2.37 bits per heavy atom. The molecule has 2 aromatic carbocycles. The van der Waals surface area contributed by atoms with Crippen molar-refractivity contribution in [2.24, 2.45) is 0 Å². The zero-order valence-electron chi connectivity index (χ0n) is 10.8. The summed E-state index contributed by atoms with van der Waals surface area (Å²) in [6.45, 7) is 2.14. The topological polar surface area (TPSA) is 35.8 Å². The van der Waals surface area contributed by atoms with Gasteiger partial charge >= 0.3 is 0 Å². The van der Waals surface area contributed by atoms with E-state index < -0.39 is 5.82 Å². The van der Waals surface area contributed by atoms with Crippen molar-refractivity contribution in [2.45, 2.75) is 19.8 Å². The Morgan fingerprint density at radius 1 is 1.11 bits per heavy atom. The number of benzene rings is 2. The molecule has 19 heavy (non-hydrogen) atoms. The van der Waals surface area contributed by atoms with E-state index >= 15 is 0 Å². The molecule has 0 bridgehead atoms. The molecule has 3 heteroatoms. The Balaban J connectivity index is 2.13. The number of nitrogens with one attached hydrogen (secondary N) is 1. The lowest BCUT2D eigenvalue weighted by molar-refractivity contribution is 0.624. The van der Waals surface area contributed by atoms with Gasteiger partial charge in [-0.05, 0) is 42.3 Å². The smallest absolute Gasteiger partial charge is 0.143 e. The summed E-state index contributed by atoms with van der Waals surface area (Å²) in [5.41, 5.74) is 2.90. The van der Waals surface area contributed by atoms with E-state index in [0.717, 1.165) is 18.5 Å². The molecule has 2 aromatic rings. The molecular weight excluding hydrogens is 239 g/mol. The van der Waals surface area contributed by atoms with Gasteiger partial charge < -0.3 is 5.32 Å². The SMILES string of the molecule is CCCc1ccc(Nc2ccc(C#N)c(F)c2)cc1. The Labute approximate surface area is 112 Å². The molecule has 0 radical (unpaired) electrons. The third-order valence-corrected chi connectivity index (χ3v) is 2.87. The average Bonchev–Trinajstić information content (AvgIpc) is 2.42. The van der Waals surface area contributed by atoms with Crippen molar-refractivity contribution in [3.8, 4) is 6.07 Å². The van der Waals surface area contributed by atoms with E-state index in [0.29, 0.717) is 5.69 Å². The van der Waals surface area contributed by atoms with E-state index in [9.17, 15) is 4.39 Å². The Kier molecular flexibility index (Phi) is 4.15. The molecular formula is C16H15FN2. The molecule has 0 aliphatic heterocycles. The van der Waals surface area contributed by atoms with E-state index in [4.69, 9.17) is 5.26 Å². The van der Waals surface area contributed by atoms with Crippen LogP contribution in [0.3, 0.4) is 0 Å². The van der Waals surface area contributed by atoms with Crippen LogP contribution < -0.4 is 5.32 Å². The molecule has 0 heterocycles. The number of hydrogen-bond acceptors (Lipinski definition) is 2. The third kappa shape index (κ3) is 3.32. The average molecular weight is 254 g/mol. The van der Waals surface area contributed by atoms with Gasteiger partial charge in [-0.15, -0.1) is 0 Å². The second-order valence-corrected chi connectivity index (χ2v) is 4.38. The molecule has 2 rings (SSSR count). The first-order valence-corrected chi connectivity index (χ1v) is 6.28. The molecule has 0 amide bonds. The molecule has 1 N–H and O–H groups in total. The van der Waals surface area contributed by atoms with Gasteiger partial charge in [0.15, 0.2) is 0 Å². The van der Waals surface area contributed by atoms with Crippen LogP contribution in [-0.4, -0.2) is 0 Å². The summed E-state index contributed by atoms with van der Waals surface area (Å²) < 4.78 is 13.5. The van der Waals surface area contributed by atoms with E-state index in [1.54, 1.807) is 12.1 Å². The van der Waals surface area contributed by atoms with E-state index in [1.807, 2.05) is 12.1 Å². The van der Waals surface area contributed by atoms with Crippen LogP contribution in [0.5, 0.6) is 0 Å². The molecule has 0 fully saturated rings. The number of nitrogens with zero attached hydrogens (tertiary/aromatic N) is 1. The fraction of sp³-hybridized carbons (Fsp3) is 0.188. The van der Waals surface area contributed by atoms with Crippen molar-refractivity contribution >= 4 is 11.4 Å². The van der Waals surface area contributed by atoms with Crippen molar-refractivity contribution in [2.75, 3.05) is 5.32 Å². The zero-order valence-corrected chi connectivity index (χ0v) is 10.8. The molecule has 0 saturated heterocycles. The predicted octanol–water partition coefficient (Wildman–Crippen LogP) is 4.39. The number of halogens is 1. The summed E-state index contributed by atoms with van der Waals surface area (Å²) in [5.74, 6) is -0.505. The normalized spacial score (nSPS) is 9.95. The largest absolute Gasteiger partial charge is 0.355 e. The zero-order chi connectivity index (χ0) is 13.7. The summed E-state index contributed by atoms with van der Waals surface area (Å²) in [6.07, 6.45) is 2.18. The van der Waals surface area contributed by atoms with E-state index in [1.165, 1.54) is 17.7 Å². The van der Waals surface area contributed by atoms with Gasteiger partial charge in [-0.2, -0.15) is 5.26 Å².